The van der Waals surface area contributed by atoms with Crippen LogP contribution in [0.3, 0.4) is 0 Å². The molecule has 2 aromatic carbocycles. The number of ether oxygens (including phenoxy) is 1. The monoisotopic (exact) mass is 348 g/mol. The van der Waals surface area contributed by atoms with Gasteiger partial charge in [-0.15, -0.1) is 0 Å². The first-order valence-electron chi connectivity index (χ1n) is 8.95. The average Bonchev–Trinajstić information content (AvgIpc) is 2.63. The van der Waals surface area contributed by atoms with E-state index >= 15 is 0 Å². The van der Waals surface area contributed by atoms with Gasteiger partial charge in [-0.2, -0.15) is 0 Å². The van der Waals surface area contributed by atoms with Gasteiger partial charge in [0.25, 0.3) is 0 Å². The van der Waals surface area contributed by atoms with Crippen LogP contribution in [0.1, 0.15) is 31.2 Å². The molecule has 1 aliphatic carbocycles. The second-order valence-electron chi connectivity index (χ2n) is 6.80. The van der Waals surface area contributed by atoms with Gasteiger partial charge in [0.1, 0.15) is 11.3 Å². The molecule has 0 unspecified atom stereocenters. The summed E-state index contributed by atoms with van der Waals surface area (Å²) in [6.07, 6.45) is 2.78. The SMILES string of the molecule is Cc1cc(O[C@@H]2CCCCC2=O)c2c(-c3ccccc3)cc(=O)oc2c1. The molecule has 0 radical (unpaired) electrons. The Morgan fingerprint density at radius 2 is 1.85 bits per heavy atom. The van der Waals surface area contributed by atoms with Crippen molar-refractivity contribution >= 4 is 16.8 Å². The number of carbonyl (C=O) groups is 1. The number of fused-ring (bicyclic) bond motifs is 1. The fourth-order valence-corrected chi connectivity index (χ4v) is 3.56. The van der Waals surface area contributed by atoms with Crippen molar-refractivity contribution in [3.8, 4) is 16.9 Å². The smallest absolute Gasteiger partial charge is 0.336 e. The number of hydrogen-bond acceptors (Lipinski definition) is 4. The lowest BCUT2D eigenvalue weighted by Gasteiger charge is -2.23. The predicted octanol–water partition coefficient (Wildman–Crippen LogP) is 4.66. The fourth-order valence-electron chi connectivity index (χ4n) is 3.56. The highest BCUT2D eigenvalue weighted by molar-refractivity contribution is 5.98. The first-order valence-corrected chi connectivity index (χ1v) is 8.95. The molecule has 1 saturated carbocycles. The average molecular weight is 348 g/mol. The van der Waals surface area contributed by atoms with Crippen LogP contribution in [0.2, 0.25) is 0 Å². The molecule has 0 amide bonds. The number of hydrogen-bond donors (Lipinski definition) is 0. The molecule has 1 aromatic heterocycles. The van der Waals surface area contributed by atoms with Gasteiger partial charge in [0.05, 0.1) is 5.39 Å². The van der Waals surface area contributed by atoms with E-state index in [4.69, 9.17) is 9.15 Å². The molecule has 1 atom stereocenters. The Bertz CT molecular complexity index is 1020. The Kier molecular flexibility index (Phi) is 4.33. The highest BCUT2D eigenvalue weighted by atomic mass is 16.5. The molecule has 3 aromatic rings. The van der Waals surface area contributed by atoms with Crippen LogP contribution in [-0.4, -0.2) is 11.9 Å². The minimum atomic E-state index is -0.427. The van der Waals surface area contributed by atoms with Crippen LogP contribution < -0.4 is 10.4 Å². The lowest BCUT2D eigenvalue weighted by Crippen LogP contribution is -2.30. The molecule has 1 aliphatic rings. The van der Waals surface area contributed by atoms with Gasteiger partial charge in [-0.1, -0.05) is 30.3 Å². The molecule has 4 rings (SSSR count). The van der Waals surface area contributed by atoms with Crippen molar-refractivity contribution < 1.29 is 13.9 Å². The van der Waals surface area contributed by atoms with Crippen molar-refractivity contribution in [2.24, 2.45) is 0 Å². The van der Waals surface area contributed by atoms with Crippen LogP contribution in [0.4, 0.5) is 0 Å². The highest BCUT2D eigenvalue weighted by Crippen LogP contribution is 2.36. The topological polar surface area (TPSA) is 56.5 Å². The molecule has 4 heteroatoms. The van der Waals surface area contributed by atoms with Crippen molar-refractivity contribution in [3.63, 3.8) is 0 Å². The minimum Gasteiger partial charge on any atom is -0.482 e. The predicted molar refractivity (Wildman–Crippen MR) is 101 cm³/mol. The Hall–Kier alpha value is -2.88. The maximum absolute atomic E-state index is 12.2. The molecule has 0 spiro atoms. The number of rotatable bonds is 3. The summed E-state index contributed by atoms with van der Waals surface area (Å²) in [5, 5.41) is 0.736. The van der Waals surface area contributed by atoms with Crippen molar-refractivity contribution in [1.29, 1.82) is 0 Å². The van der Waals surface area contributed by atoms with Crippen LogP contribution in [0, 0.1) is 6.92 Å². The van der Waals surface area contributed by atoms with E-state index in [-0.39, 0.29) is 5.78 Å². The van der Waals surface area contributed by atoms with Crippen LogP contribution in [0.15, 0.2) is 57.7 Å². The molecule has 0 aliphatic heterocycles. The van der Waals surface area contributed by atoms with Crippen molar-refractivity contribution in [1.82, 2.24) is 0 Å². The molecule has 1 fully saturated rings. The van der Waals surface area contributed by atoms with Crippen molar-refractivity contribution in [2.45, 2.75) is 38.7 Å². The largest absolute Gasteiger partial charge is 0.482 e. The summed E-state index contributed by atoms with van der Waals surface area (Å²) in [6.45, 7) is 1.92. The van der Waals surface area contributed by atoms with Gasteiger partial charge in [-0.05, 0) is 49.4 Å². The summed E-state index contributed by atoms with van der Waals surface area (Å²) in [5.74, 6) is 0.743. The maximum Gasteiger partial charge on any atom is 0.336 e. The van der Waals surface area contributed by atoms with E-state index in [0.717, 1.165) is 41.3 Å². The van der Waals surface area contributed by atoms with Gasteiger partial charge in [-0.25, -0.2) is 4.79 Å². The van der Waals surface area contributed by atoms with Crippen LogP contribution in [0.25, 0.3) is 22.1 Å². The molecule has 0 bridgehead atoms. The van der Waals surface area contributed by atoms with Crippen LogP contribution in [0.5, 0.6) is 5.75 Å². The molecular formula is C22H20O4. The Labute approximate surface area is 151 Å². The quantitative estimate of drug-likeness (QED) is 0.646. The van der Waals surface area contributed by atoms with Crippen molar-refractivity contribution in [2.75, 3.05) is 0 Å². The number of aryl methyl sites for hydroxylation is 1. The molecule has 26 heavy (non-hydrogen) atoms. The van der Waals surface area contributed by atoms with E-state index in [1.807, 2.05) is 49.4 Å². The Morgan fingerprint density at radius 3 is 2.62 bits per heavy atom. The zero-order valence-corrected chi connectivity index (χ0v) is 14.7. The second kappa shape index (κ2) is 6.79. The number of benzene rings is 2. The van der Waals surface area contributed by atoms with Gasteiger partial charge >= 0.3 is 5.63 Å². The third-order valence-electron chi connectivity index (χ3n) is 4.81. The van der Waals surface area contributed by atoms with Gasteiger partial charge in [0, 0.05) is 18.1 Å². The summed E-state index contributed by atoms with van der Waals surface area (Å²) in [7, 11) is 0. The summed E-state index contributed by atoms with van der Waals surface area (Å²) in [5.41, 5.74) is 2.67. The summed E-state index contributed by atoms with van der Waals surface area (Å²) in [6, 6.07) is 14.9. The van der Waals surface area contributed by atoms with E-state index < -0.39 is 11.7 Å². The summed E-state index contributed by atoms with van der Waals surface area (Å²) in [4.78, 5) is 24.3. The lowest BCUT2D eigenvalue weighted by molar-refractivity contribution is -0.127. The minimum absolute atomic E-state index is 0.143. The fraction of sp³-hybridized carbons (Fsp3) is 0.273. The van der Waals surface area contributed by atoms with Crippen LogP contribution >= 0.6 is 0 Å². The molecule has 4 nitrogen and oxygen atoms in total. The van der Waals surface area contributed by atoms with Crippen LogP contribution in [-0.2, 0) is 4.79 Å². The summed E-state index contributed by atoms with van der Waals surface area (Å²) >= 11 is 0. The molecule has 0 saturated heterocycles. The number of carbonyl (C=O) groups excluding carboxylic acids is 1. The standard InChI is InChI=1S/C22H20O4/c1-14-11-19(25-18-10-6-5-9-17(18)23)22-16(15-7-3-2-4-8-15)13-21(24)26-20(22)12-14/h2-4,7-8,11-13,18H,5-6,9-10H2,1H3/t18-/m1/s1. The third-order valence-corrected chi connectivity index (χ3v) is 4.81. The molecule has 0 N–H and O–H groups in total. The highest BCUT2D eigenvalue weighted by Gasteiger charge is 2.25. The van der Waals surface area contributed by atoms with Gasteiger partial charge in [0.15, 0.2) is 11.9 Å². The van der Waals surface area contributed by atoms with Gasteiger partial charge in [-0.3, -0.25) is 4.79 Å². The normalized spacial score (nSPS) is 17.4. The van der Waals surface area contributed by atoms with Gasteiger partial charge in [0.2, 0.25) is 0 Å². The van der Waals surface area contributed by atoms with Crippen molar-refractivity contribution in [3.05, 3.63) is 64.5 Å². The molecule has 132 valence electrons. The van der Waals surface area contributed by atoms with E-state index in [1.165, 1.54) is 6.07 Å². The van der Waals surface area contributed by atoms with E-state index in [1.54, 1.807) is 0 Å². The number of ketones is 1. The third kappa shape index (κ3) is 3.15. The maximum atomic E-state index is 12.2. The summed E-state index contributed by atoms with van der Waals surface area (Å²) < 4.78 is 11.6. The zero-order valence-electron chi connectivity index (χ0n) is 14.7. The molecule has 1 heterocycles. The molecular weight excluding hydrogens is 328 g/mol. The lowest BCUT2D eigenvalue weighted by atomic mass is 9.96. The number of Topliss-reactive ketones (excluding diaryl/α,β-unsaturated/α-hetero) is 1. The first kappa shape index (κ1) is 16.6. The van der Waals surface area contributed by atoms with Gasteiger partial charge < -0.3 is 9.15 Å². The Morgan fingerprint density at radius 1 is 1.04 bits per heavy atom. The van der Waals surface area contributed by atoms with E-state index in [2.05, 4.69) is 0 Å². The Balaban J connectivity index is 1.91. The zero-order chi connectivity index (χ0) is 18.1. The van der Waals surface area contributed by atoms with E-state index in [9.17, 15) is 9.59 Å². The first-order chi connectivity index (χ1) is 12.6. The second-order valence-corrected chi connectivity index (χ2v) is 6.80. The van der Waals surface area contributed by atoms with E-state index in [0.29, 0.717) is 17.8 Å².